The number of carbonyl (C=O) groups is 2. The van der Waals surface area contributed by atoms with E-state index in [4.69, 9.17) is 16.7 Å². The molecular weight excluding hydrogens is 498 g/mol. The predicted molar refractivity (Wildman–Crippen MR) is 127 cm³/mol. The monoisotopic (exact) mass is 513 g/mol. The number of hydrogen-bond donors (Lipinski definition) is 2. The average Bonchev–Trinajstić information content (AvgIpc) is 3.09. The standard InChI is InChI=1S/C23H16ClN3O7S/c24-15-6-4-13(5-7-15)21(28)19-20(14-2-1-3-17(12-14)27(31)32)26(23(30)22(19)29)16-8-10-18(11-9-16)35(25,33)34/h1-12,20,28H,(H2,25,33,34)/b21-19+/t20-/m1/s1. The van der Waals surface area contributed by atoms with Gasteiger partial charge in [-0.15, -0.1) is 0 Å². The fourth-order valence-corrected chi connectivity index (χ4v) is 4.42. The molecular formula is C23H16ClN3O7S. The molecule has 0 saturated carbocycles. The molecule has 1 aliphatic rings. The largest absolute Gasteiger partial charge is 0.507 e. The Kier molecular flexibility index (Phi) is 6.15. The summed E-state index contributed by atoms with van der Waals surface area (Å²) in [6, 6.07) is 14.8. The van der Waals surface area contributed by atoms with Crippen molar-refractivity contribution < 1.29 is 28.0 Å². The average molecular weight is 514 g/mol. The zero-order valence-electron chi connectivity index (χ0n) is 17.7. The van der Waals surface area contributed by atoms with Crippen molar-refractivity contribution in [2.24, 2.45) is 5.14 Å². The Labute approximate surface area is 204 Å². The van der Waals surface area contributed by atoms with Crippen LogP contribution < -0.4 is 10.0 Å². The van der Waals surface area contributed by atoms with Crippen LogP contribution in [-0.2, 0) is 19.6 Å². The van der Waals surface area contributed by atoms with E-state index in [0.717, 1.165) is 17.0 Å². The second-order valence-electron chi connectivity index (χ2n) is 7.57. The molecule has 10 nitrogen and oxygen atoms in total. The summed E-state index contributed by atoms with van der Waals surface area (Å²) < 4.78 is 23.2. The molecule has 1 atom stereocenters. The lowest BCUT2D eigenvalue weighted by molar-refractivity contribution is -0.384. The number of nitro benzene ring substituents is 1. The molecule has 178 valence electrons. The number of ketones is 1. The summed E-state index contributed by atoms with van der Waals surface area (Å²) in [5.74, 6) is -2.54. The molecule has 0 spiro atoms. The maximum atomic E-state index is 13.1. The van der Waals surface area contributed by atoms with Crippen LogP contribution in [-0.4, -0.2) is 30.1 Å². The molecule has 1 amide bonds. The highest BCUT2D eigenvalue weighted by atomic mass is 35.5. The minimum atomic E-state index is -4.02. The normalized spacial score (nSPS) is 17.5. The van der Waals surface area contributed by atoms with Crippen LogP contribution in [0.25, 0.3) is 5.76 Å². The molecule has 1 saturated heterocycles. The quantitative estimate of drug-likeness (QED) is 0.173. The molecule has 0 aliphatic carbocycles. The Morgan fingerprint density at radius 2 is 1.66 bits per heavy atom. The number of anilines is 1. The fraction of sp³-hybridized carbons (Fsp3) is 0.0435. The maximum absolute atomic E-state index is 13.1. The minimum Gasteiger partial charge on any atom is -0.507 e. The van der Waals surface area contributed by atoms with E-state index in [9.17, 15) is 33.2 Å². The van der Waals surface area contributed by atoms with Crippen molar-refractivity contribution in [3.05, 3.63) is 105 Å². The summed E-state index contributed by atoms with van der Waals surface area (Å²) >= 11 is 5.90. The van der Waals surface area contributed by atoms with Gasteiger partial charge >= 0.3 is 0 Å². The molecule has 1 aliphatic heterocycles. The highest BCUT2D eigenvalue weighted by Crippen LogP contribution is 2.43. The SMILES string of the molecule is NS(=O)(=O)c1ccc(N2C(=O)C(=O)/C(=C(/O)c3ccc(Cl)cc3)[C@H]2c2cccc([N+](=O)[O-])c2)cc1. The number of Topliss-reactive ketones (excluding diaryl/α,β-unsaturated/α-hetero) is 1. The lowest BCUT2D eigenvalue weighted by atomic mass is 9.95. The van der Waals surface area contributed by atoms with Crippen molar-refractivity contribution in [2.45, 2.75) is 10.9 Å². The molecule has 35 heavy (non-hydrogen) atoms. The van der Waals surface area contributed by atoms with E-state index < -0.39 is 38.4 Å². The lowest BCUT2D eigenvalue weighted by Gasteiger charge is -2.25. The van der Waals surface area contributed by atoms with Gasteiger partial charge < -0.3 is 5.11 Å². The van der Waals surface area contributed by atoms with Crippen LogP contribution in [0.15, 0.2) is 83.3 Å². The summed E-state index contributed by atoms with van der Waals surface area (Å²) in [7, 11) is -4.02. The summed E-state index contributed by atoms with van der Waals surface area (Å²) in [6.45, 7) is 0. The maximum Gasteiger partial charge on any atom is 0.300 e. The number of primary sulfonamides is 1. The Morgan fingerprint density at radius 3 is 2.23 bits per heavy atom. The van der Waals surface area contributed by atoms with Crippen LogP contribution >= 0.6 is 11.6 Å². The molecule has 0 radical (unpaired) electrons. The van der Waals surface area contributed by atoms with Gasteiger partial charge in [0.2, 0.25) is 10.0 Å². The first-order valence-electron chi connectivity index (χ1n) is 9.93. The van der Waals surface area contributed by atoms with Crippen LogP contribution in [0.2, 0.25) is 5.02 Å². The number of non-ortho nitro benzene ring substituents is 1. The number of hydrogen-bond acceptors (Lipinski definition) is 7. The van der Waals surface area contributed by atoms with Gasteiger partial charge in [0.25, 0.3) is 17.4 Å². The van der Waals surface area contributed by atoms with Crippen molar-refractivity contribution in [3.63, 3.8) is 0 Å². The number of aliphatic hydroxyl groups excluding tert-OH is 1. The van der Waals surface area contributed by atoms with Crippen molar-refractivity contribution in [3.8, 4) is 0 Å². The first kappa shape index (κ1) is 24.1. The van der Waals surface area contributed by atoms with Crippen LogP contribution in [0.5, 0.6) is 0 Å². The van der Waals surface area contributed by atoms with Crippen LogP contribution in [0.1, 0.15) is 17.2 Å². The highest BCUT2D eigenvalue weighted by molar-refractivity contribution is 7.89. The van der Waals surface area contributed by atoms with Crippen LogP contribution in [0.4, 0.5) is 11.4 Å². The second-order valence-corrected chi connectivity index (χ2v) is 9.56. The lowest BCUT2D eigenvalue weighted by Crippen LogP contribution is -2.29. The van der Waals surface area contributed by atoms with E-state index in [1.807, 2.05) is 0 Å². The number of sulfonamides is 1. The minimum absolute atomic E-state index is 0.117. The molecule has 0 bridgehead atoms. The summed E-state index contributed by atoms with van der Waals surface area (Å²) in [5.41, 5.74) is -0.0829. The third-order valence-corrected chi connectivity index (χ3v) is 6.58. The van der Waals surface area contributed by atoms with E-state index in [1.54, 1.807) is 0 Å². The Balaban J connectivity index is 1.95. The number of aliphatic hydroxyl groups is 1. The van der Waals surface area contributed by atoms with Gasteiger partial charge in [-0.2, -0.15) is 0 Å². The molecule has 4 rings (SSSR count). The van der Waals surface area contributed by atoms with E-state index in [-0.39, 0.29) is 33.0 Å². The number of rotatable bonds is 5. The van der Waals surface area contributed by atoms with E-state index in [0.29, 0.717) is 5.02 Å². The van der Waals surface area contributed by atoms with Gasteiger partial charge in [0.1, 0.15) is 5.76 Å². The van der Waals surface area contributed by atoms with Gasteiger partial charge in [-0.1, -0.05) is 23.7 Å². The summed E-state index contributed by atoms with van der Waals surface area (Å²) in [5, 5.41) is 27.9. The fourth-order valence-electron chi connectivity index (χ4n) is 3.78. The molecule has 3 aromatic carbocycles. The topological polar surface area (TPSA) is 161 Å². The number of carbonyl (C=O) groups excluding carboxylic acids is 2. The van der Waals surface area contributed by atoms with Crippen molar-refractivity contribution in [1.82, 2.24) is 0 Å². The van der Waals surface area contributed by atoms with Crippen molar-refractivity contribution >= 4 is 50.4 Å². The highest BCUT2D eigenvalue weighted by Gasteiger charge is 2.47. The smallest absolute Gasteiger partial charge is 0.300 e. The number of halogens is 1. The van der Waals surface area contributed by atoms with Gasteiger partial charge in [-0.25, -0.2) is 13.6 Å². The third kappa shape index (κ3) is 4.52. The van der Waals surface area contributed by atoms with E-state index >= 15 is 0 Å². The number of amides is 1. The molecule has 3 N–H and O–H groups in total. The van der Waals surface area contributed by atoms with Gasteiger partial charge in [-0.05, 0) is 54.1 Å². The number of nitrogens with zero attached hydrogens (tertiary/aromatic N) is 2. The Morgan fingerprint density at radius 1 is 1.03 bits per heavy atom. The number of nitrogens with two attached hydrogens (primary N) is 1. The van der Waals surface area contributed by atoms with Gasteiger partial charge in [-0.3, -0.25) is 24.6 Å². The number of benzene rings is 3. The molecule has 0 aromatic heterocycles. The predicted octanol–water partition coefficient (Wildman–Crippen LogP) is 3.52. The van der Waals surface area contributed by atoms with Crippen molar-refractivity contribution in [2.75, 3.05) is 4.90 Å². The summed E-state index contributed by atoms with van der Waals surface area (Å²) in [6.07, 6.45) is 0. The van der Waals surface area contributed by atoms with Crippen LogP contribution in [0.3, 0.4) is 0 Å². The summed E-state index contributed by atoms with van der Waals surface area (Å²) in [4.78, 5) is 37.8. The third-order valence-electron chi connectivity index (χ3n) is 5.40. The van der Waals surface area contributed by atoms with E-state index in [1.165, 1.54) is 60.7 Å². The Hall–Kier alpha value is -4.06. The zero-order valence-corrected chi connectivity index (χ0v) is 19.2. The Bertz CT molecular complexity index is 1500. The van der Waals surface area contributed by atoms with Gasteiger partial charge in [0.05, 0.1) is 21.4 Å². The van der Waals surface area contributed by atoms with Gasteiger partial charge in [0, 0.05) is 28.4 Å². The zero-order chi connectivity index (χ0) is 25.5. The first-order valence-corrected chi connectivity index (χ1v) is 11.9. The number of nitro groups is 1. The second kappa shape index (κ2) is 8.95. The van der Waals surface area contributed by atoms with Gasteiger partial charge in [0.15, 0.2) is 0 Å². The molecule has 12 heteroatoms. The van der Waals surface area contributed by atoms with Crippen molar-refractivity contribution in [1.29, 1.82) is 0 Å². The molecule has 0 unspecified atom stereocenters. The first-order chi connectivity index (χ1) is 16.5. The molecule has 1 heterocycles. The van der Waals surface area contributed by atoms with E-state index in [2.05, 4.69) is 0 Å². The molecule has 1 fully saturated rings. The van der Waals surface area contributed by atoms with Crippen LogP contribution in [0, 0.1) is 10.1 Å². The molecule has 3 aromatic rings.